The molecule has 4 rings (SSSR count). The summed E-state index contributed by atoms with van der Waals surface area (Å²) < 4.78 is 5.50. The molecule has 3 heterocycles. The highest BCUT2D eigenvalue weighted by Crippen LogP contribution is 2.26. The Morgan fingerprint density at radius 2 is 2.21 bits per heavy atom. The molecule has 0 bridgehead atoms. The van der Waals surface area contributed by atoms with E-state index in [-0.39, 0.29) is 36.8 Å². The maximum absolute atomic E-state index is 12.4. The van der Waals surface area contributed by atoms with Crippen molar-refractivity contribution >= 4 is 30.7 Å². The van der Waals surface area contributed by atoms with Gasteiger partial charge in [0.05, 0.1) is 18.6 Å². The fraction of sp³-hybridized carbons (Fsp3) is 0.375. The summed E-state index contributed by atoms with van der Waals surface area (Å²) in [5.74, 6) is 0.926. The molecule has 1 amide bonds. The second-order valence-corrected chi connectivity index (χ2v) is 5.66. The quantitative estimate of drug-likeness (QED) is 0.767. The molecule has 2 aliphatic rings. The van der Waals surface area contributed by atoms with Gasteiger partial charge in [-0.2, -0.15) is 0 Å². The van der Waals surface area contributed by atoms with Crippen molar-refractivity contribution in [3.05, 3.63) is 47.0 Å². The molecule has 24 heavy (non-hydrogen) atoms. The van der Waals surface area contributed by atoms with Crippen LogP contribution in [0.4, 0.5) is 0 Å². The second kappa shape index (κ2) is 7.88. The molecule has 0 fully saturated rings. The average Bonchev–Trinajstić information content (AvgIpc) is 3.20. The van der Waals surface area contributed by atoms with E-state index in [0.717, 1.165) is 48.7 Å². The molecule has 2 aliphatic heterocycles. The minimum atomic E-state index is -0.368. The zero-order chi connectivity index (χ0) is 14.9. The van der Waals surface area contributed by atoms with Crippen LogP contribution in [0.1, 0.15) is 28.6 Å². The summed E-state index contributed by atoms with van der Waals surface area (Å²) in [6.45, 7) is 2.05. The summed E-state index contributed by atoms with van der Waals surface area (Å²) in [4.78, 5) is 19.8. The average molecular weight is 371 g/mol. The minimum Gasteiger partial charge on any atom is -0.493 e. The van der Waals surface area contributed by atoms with E-state index in [1.54, 1.807) is 6.33 Å². The van der Waals surface area contributed by atoms with E-state index in [1.165, 1.54) is 5.56 Å². The molecule has 0 spiro atoms. The van der Waals surface area contributed by atoms with Crippen LogP contribution in [-0.2, 0) is 24.2 Å². The van der Waals surface area contributed by atoms with E-state index < -0.39 is 0 Å². The lowest BCUT2D eigenvalue weighted by molar-refractivity contribution is -0.123. The Balaban J connectivity index is 0.00000104. The molecular formula is C16H20Cl2N4O2. The summed E-state index contributed by atoms with van der Waals surface area (Å²) in [7, 11) is 0. The van der Waals surface area contributed by atoms with Crippen LogP contribution in [0.25, 0.3) is 0 Å². The van der Waals surface area contributed by atoms with Crippen LogP contribution in [0.5, 0.6) is 5.75 Å². The minimum absolute atomic E-state index is 0. The first-order chi connectivity index (χ1) is 10.8. The second-order valence-electron chi connectivity index (χ2n) is 5.66. The molecule has 8 heteroatoms. The van der Waals surface area contributed by atoms with Crippen molar-refractivity contribution in [2.24, 2.45) is 0 Å². The summed E-state index contributed by atoms with van der Waals surface area (Å²) in [5, 5.41) is 6.22. The number of ether oxygens (including phenoxy) is 1. The van der Waals surface area contributed by atoms with Crippen LogP contribution in [0.15, 0.2) is 24.5 Å². The number of amides is 1. The highest BCUT2D eigenvalue weighted by atomic mass is 35.5. The topological polar surface area (TPSA) is 79.0 Å². The Kier molecular flexibility index (Phi) is 6.10. The molecule has 0 saturated carbocycles. The van der Waals surface area contributed by atoms with Gasteiger partial charge in [0.2, 0.25) is 5.91 Å². The maximum Gasteiger partial charge on any atom is 0.243 e. The highest BCUT2D eigenvalue weighted by Gasteiger charge is 2.28. The van der Waals surface area contributed by atoms with Gasteiger partial charge in [0.15, 0.2) is 0 Å². The standard InChI is InChI=1S/C16H18N4O2.2ClH/c21-16(15-14-12(3-5-17-15)19-9-20-14)18-8-10-1-2-13-11(7-10)4-6-22-13;;/h1-2,7,9,15,17H,3-6,8H2,(H,18,21)(H,19,20);2*1H. The number of fused-ring (bicyclic) bond motifs is 2. The van der Waals surface area contributed by atoms with Gasteiger partial charge in [0.1, 0.15) is 11.8 Å². The van der Waals surface area contributed by atoms with Crippen molar-refractivity contribution in [1.29, 1.82) is 0 Å². The number of hydrogen-bond donors (Lipinski definition) is 3. The highest BCUT2D eigenvalue weighted by molar-refractivity contribution is 5.85. The molecule has 0 aliphatic carbocycles. The summed E-state index contributed by atoms with van der Waals surface area (Å²) in [6, 6.07) is 5.72. The molecule has 1 aromatic carbocycles. The smallest absolute Gasteiger partial charge is 0.243 e. The largest absolute Gasteiger partial charge is 0.493 e. The van der Waals surface area contributed by atoms with Gasteiger partial charge in [-0.1, -0.05) is 12.1 Å². The van der Waals surface area contributed by atoms with Crippen LogP contribution in [0.2, 0.25) is 0 Å². The normalized spacial score (nSPS) is 17.6. The first-order valence-corrected chi connectivity index (χ1v) is 7.59. The zero-order valence-electron chi connectivity index (χ0n) is 13.0. The van der Waals surface area contributed by atoms with Crippen molar-refractivity contribution in [3.8, 4) is 5.75 Å². The van der Waals surface area contributed by atoms with Gasteiger partial charge in [-0.15, -0.1) is 24.8 Å². The summed E-state index contributed by atoms with van der Waals surface area (Å²) in [5.41, 5.74) is 4.17. The number of carbonyl (C=O) groups is 1. The fourth-order valence-corrected chi connectivity index (χ4v) is 3.08. The SMILES string of the molecule is Cl.Cl.O=C(NCc1ccc2c(c1)CCO2)C1NCCc2[nH]cnc21. The Bertz CT molecular complexity index is 720. The van der Waals surface area contributed by atoms with Gasteiger partial charge >= 0.3 is 0 Å². The first kappa shape index (κ1) is 18.6. The van der Waals surface area contributed by atoms with Crippen molar-refractivity contribution in [3.63, 3.8) is 0 Å². The molecule has 0 saturated heterocycles. The van der Waals surface area contributed by atoms with Crippen LogP contribution in [-0.4, -0.2) is 29.0 Å². The van der Waals surface area contributed by atoms with E-state index >= 15 is 0 Å². The maximum atomic E-state index is 12.4. The molecule has 3 N–H and O–H groups in total. The Labute approximate surface area is 152 Å². The van der Waals surface area contributed by atoms with E-state index in [2.05, 4.69) is 26.7 Å². The number of aromatic amines is 1. The summed E-state index contributed by atoms with van der Waals surface area (Å²) >= 11 is 0. The Hall–Kier alpha value is -1.76. The van der Waals surface area contributed by atoms with Gasteiger partial charge in [-0.25, -0.2) is 4.98 Å². The van der Waals surface area contributed by atoms with Gasteiger partial charge in [0, 0.05) is 31.6 Å². The third kappa shape index (κ3) is 3.50. The first-order valence-electron chi connectivity index (χ1n) is 7.59. The molecule has 2 aromatic rings. The monoisotopic (exact) mass is 370 g/mol. The number of hydrogen-bond acceptors (Lipinski definition) is 4. The van der Waals surface area contributed by atoms with Gasteiger partial charge in [-0.05, 0) is 17.2 Å². The number of carbonyl (C=O) groups excluding carboxylic acids is 1. The predicted octanol–water partition coefficient (Wildman–Crippen LogP) is 1.69. The lowest BCUT2D eigenvalue weighted by Crippen LogP contribution is -2.41. The van der Waals surface area contributed by atoms with Crippen molar-refractivity contribution in [2.75, 3.05) is 13.2 Å². The van der Waals surface area contributed by atoms with Crippen molar-refractivity contribution in [2.45, 2.75) is 25.4 Å². The Morgan fingerprint density at radius 1 is 1.33 bits per heavy atom. The third-order valence-corrected chi connectivity index (χ3v) is 4.23. The number of rotatable bonds is 3. The van der Waals surface area contributed by atoms with Gasteiger partial charge in [0.25, 0.3) is 0 Å². The molecule has 0 radical (unpaired) electrons. The van der Waals surface area contributed by atoms with Crippen LogP contribution >= 0.6 is 24.8 Å². The number of nitrogens with one attached hydrogen (secondary N) is 3. The lowest BCUT2D eigenvalue weighted by Gasteiger charge is -2.22. The van der Waals surface area contributed by atoms with Crippen molar-refractivity contribution in [1.82, 2.24) is 20.6 Å². The van der Waals surface area contributed by atoms with Crippen LogP contribution in [0, 0.1) is 0 Å². The number of nitrogens with zero attached hydrogens (tertiary/aromatic N) is 1. The van der Waals surface area contributed by atoms with E-state index in [1.807, 2.05) is 12.1 Å². The van der Waals surface area contributed by atoms with E-state index in [0.29, 0.717) is 6.54 Å². The lowest BCUT2D eigenvalue weighted by atomic mass is 10.0. The molecule has 1 atom stereocenters. The zero-order valence-corrected chi connectivity index (χ0v) is 14.6. The molecule has 1 aromatic heterocycles. The summed E-state index contributed by atoms with van der Waals surface area (Å²) in [6.07, 6.45) is 3.47. The number of imidazole rings is 1. The fourth-order valence-electron chi connectivity index (χ4n) is 3.08. The van der Waals surface area contributed by atoms with Gasteiger partial charge < -0.3 is 20.4 Å². The van der Waals surface area contributed by atoms with Crippen LogP contribution < -0.4 is 15.4 Å². The predicted molar refractivity (Wildman–Crippen MR) is 95.0 cm³/mol. The molecule has 130 valence electrons. The number of H-pyrrole nitrogens is 1. The van der Waals surface area contributed by atoms with E-state index in [4.69, 9.17) is 4.74 Å². The molecular weight excluding hydrogens is 351 g/mol. The Morgan fingerprint density at radius 3 is 3.08 bits per heavy atom. The third-order valence-electron chi connectivity index (χ3n) is 4.23. The number of aromatic nitrogens is 2. The molecule has 1 unspecified atom stereocenters. The van der Waals surface area contributed by atoms with E-state index in [9.17, 15) is 4.79 Å². The molecule has 6 nitrogen and oxygen atoms in total. The van der Waals surface area contributed by atoms with Gasteiger partial charge in [-0.3, -0.25) is 4.79 Å². The van der Waals surface area contributed by atoms with Crippen molar-refractivity contribution < 1.29 is 9.53 Å². The number of halogens is 2. The number of benzene rings is 1. The van der Waals surface area contributed by atoms with Crippen LogP contribution in [0.3, 0.4) is 0 Å².